The first kappa shape index (κ1) is 37.7. The maximum atomic E-state index is 13.5. The van der Waals surface area contributed by atoms with E-state index in [2.05, 4.69) is 50.1 Å². The molecule has 1 fully saturated rings. The van der Waals surface area contributed by atoms with E-state index in [-0.39, 0.29) is 29.7 Å². The highest BCUT2D eigenvalue weighted by molar-refractivity contribution is 5.96. The van der Waals surface area contributed by atoms with E-state index in [9.17, 15) is 14.4 Å². The van der Waals surface area contributed by atoms with Crippen LogP contribution in [0.5, 0.6) is 11.5 Å². The molecule has 0 bridgehead atoms. The van der Waals surface area contributed by atoms with Crippen LogP contribution in [0.25, 0.3) is 22.5 Å². The molecule has 1 saturated heterocycles. The van der Waals surface area contributed by atoms with Crippen molar-refractivity contribution in [1.29, 1.82) is 0 Å². The number of amides is 3. The number of imidazole rings is 2. The van der Waals surface area contributed by atoms with Gasteiger partial charge in [0.1, 0.15) is 29.2 Å². The highest BCUT2D eigenvalue weighted by atomic mass is 16.5. The van der Waals surface area contributed by atoms with Gasteiger partial charge in [0.25, 0.3) is 0 Å². The summed E-state index contributed by atoms with van der Waals surface area (Å²) in [7, 11) is 1.25. The minimum Gasteiger partial charge on any atom is -0.457 e. The molecule has 274 valence electrons. The molecular formula is C40H49N7O5. The third-order valence-electron chi connectivity index (χ3n) is 8.99. The third-order valence-corrected chi connectivity index (χ3v) is 8.99. The van der Waals surface area contributed by atoms with Gasteiger partial charge < -0.3 is 29.2 Å². The maximum absolute atomic E-state index is 13.5. The molecule has 12 heteroatoms. The molecular weight excluding hydrogens is 658 g/mol. The Bertz CT molecular complexity index is 1870. The molecule has 2 atom stereocenters. The summed E-state index contributed by atoms with van der Waals surface area (Å²) >= 11 is 0. The Hall–Kier alpha value is -5.52. The second-order valence-electron chi connectivity index (χ2n) is 13.9. The zero-order valence-electron chi connectivity index (χ0n) is 30.9. The number of hydrogen-bond acceptors (Lipinski definition) is 7. The second-order valence-corrected chi connectivity index (χ2v) is 13.9. The fourth-order valence-corrected chi connectivity index (χ4v) is 6.22. The third kappa shape index (κ3) is 9.22. The quantitative estimate of drug-likeness (QED) is 0.0998. The highest BCUT2D eigenvalue weighted by Crippen LogP contribution is 2.36. The summed E-state index contributed by atoms with van der Waals surface area (Å²) in [5, 5.41) is 0. The summed E-state index contributed by atoms with van der Waals surface area (Å²) in [6, 6.07) is 15.2. The first-order chi connectivity index (χ1) is 25.0. The van der Waals surface area contributed by atoms with Crippen molar-refractivity contribution in [2.24, 2.45) is 22.7 Å². The molecule has 2 aromatic carbocycles. The molecule has 4 aromatic rings. The average molecular weight is 708 g/mol. The Morgan fingerprint density at radius 3 is 2.17 bits per heavy atom. The monoisotopic (exact) mass is 707 g/mol. The number of aromatic nitrogens is 4. The molecule has 3 heterocycles. The number of benzene rings is 2. The summed E-state index contributed by atoms with van der Waals surface area (Å²) in [6.07, 6.45) is 6.24. The van der Waals surface area contributed by atoms with Crippen molar-refractivity contribution in [2.45, 2.75) is 66.5 Å². The Balaban J connectivity index is 1.20. The molecule has 2 N–H and O–H groups in total. The van der Waals surface area contributed by atoms with Gasteiger partial charge in [-0.25, -0.2) is 14.8 Å². The van der Waals surface area contributed by atoms with Crippen molar-refractivity contribution in [3.8, 4) is 34.0 Å². The number of nitrogens with zero attached hydrogens (tertiary/aromatic N) is 5. The van der Waals surface area contributed by atoms with Gasteiger partial charge in [0.15, 0.2) is 0 Å². The molecule has 0 radical (unpaired) electrons. The molecule has 1 aliphatic rings. The minimum atomic E-state index is -0.735. The number of rotatable bonds is 14. The molecule has 0 saturated carbocycles. The van der Waals surface area contributed by atoms with E-state index in [4.69, 9.17) is 4.74 Å². The van der Waals surface area contributed by atoms with Gasteiger partial charge in [0.05, 0.1) is 43.4 Å². The van der Waals surface area contributed by atoms with Crippen molar-refractivity contribution in [2.75, 3.05) is 20.2 Å². The number of hydrogen-bond donors (Lipinski definition) is 2. The van der Waals surface area contributed by atoms with E-state index in [1.165, 1.54) is 13.3 Å². The van der Waals surface area contributed by atoms with Crippen molar-refractivity contribution in [1.82, 2.24) is 29.7 Å². The van der Waals surface area contributed by atoms with Crippen LogP contribution in [-0.4, -0.2) is 74.1 Å². The van der Waals surface area contributed by atoms with Crippen molar-refractivity contribution < 1.29 is 23.9 Å². The van der Waals surface area contributed by atoms with E-state index in [0.29, 0.717) is 43.4 Å². The summed E-state index contributed by atoms with van der Waals surface area (Å²) in [5.74, 6) is 2.42. The van der Waals surface area contributed by atoms with E-state index >= 15 is 0 Å². The van der Waals surface area contributed by atoms with Gasteiger partial charge in [0, 0.05) is 25.7 Å². The van der Waals surface area contributed by atoms with Gasteiger partial charge in [-0.15, -0.1) is 0 Å². The number of ether oxygens (including phenoxy) is 2. The lowest BCUT2D eigenvalue weighted by molar-refractivity contribution is -0.135. The van der Waals surface area contributed by atoms with Crippen LogP contribution in [0.15, 0.2) is 78.1 Å². The van der Waals surface area contributed by atoms with Gasteiger partial charge in [-0.1, -0.05) is 41.2 Å². The largest absolute Gasteiger partial charge is 0.457 e. The number of carbonyl (C=O) groups excluding carboxylic acids is 3. The lowest BCUT2D eigenvalue weighted by Gasteiger charge is -2.26. The van der Waals surface area contributed by atoms with Gasteiger partial charge in [-0.3, -0.25) is 9.59 Å². The lowest BCUT2D eigenvalue weighted by atomic mass is 9.95. The molecule has 0 aliphatic carbocycles. The van der Waals surface area contributed by atoms with Crippen molar-refractivity contribution in [3.05, 3.63) is 84.7 Å². The predicted molar refractivity (Wildman–Crippen MR) is 201 cm³/mol. The number of aromatic amines is 2. The topological polar surface area (TPSA) is 146 Å². The van der Waals surface area contributed by atoms with E-state index in [0.717, 1.165) is 46.8 Å². The summed E-state index contributed by atoms with van der Waals surface area (Å²) in [6.45, 7) is 15.7. The van der Waals surface area contributed by atoms with E-state index < -0.39 is 12.0 Å². The van der Waals surface area contributed by atoms with Crippen LogP contribution >= 0.6 is 0 Å². The second kappa shape index (κ2) is 17.1. The Kier molecular flexibility index (Phi) is 12.4. The highest BCUT2D eigenvalue weighted by Gasteiger charge is 2.35. The van der Waals surface area contributed by atoms with Crippen LogP contribution in [0.3, 0.4) is 0 Å². The van der Waals surface area contributed by atoms with E-state index in [1.807, 2.05) is 74.2 Å². The SMILES string of the molecule is C=C1CCN(C(=O)CC(C)C)[C@@H]1c1ncc(-c2ccc(Oc3ccc(-c4cnc(CN(CCC)C(=O)C(C=NC(=O)OC)C(C)C)[nH]4)cc3)cc2)[nH]1. The van der Waals surface area contributed by atoms with Crippen LogP contribution in [0, 0.1) is 17.8 Å². The van der Waals surface area contributed by atoms with E-state index in [1.54, 1.807) is 17.3 Å². The number of likely N-dealkylation sites (tertiary alicyclic amines) is 1. The molecule has 52 heavy (non-hydrogen) atoms. The molecule has 12 nitrogen and oxygen atoms in total. The zero-order valence-corrected chi connectivity index (χ0v) is 30.9. The summed E-state index contributed by atoms with van der Waals surface area (Å²) < 4.78 is 10.7. The van der Waals surface area contributed by atoms with Crippen LogP contribution in [0.1, 0.15) is 71.6 Å². The standard InChI is InChI=1S/C40H49N7O5/c1-8-18-46(39(49)32(26(4)5)21-43-40(50)51-7)24-35-41-22-33(44-35)28-9-13-30(14-10-28)52-31-15-11-29(12-16-31)34-23-42-38(45-34)37-27(6)17-19-47(37)36(48)20-25(2)3/h9-16,21-23,25-26,32,37H,6,8,17-20,24H2,1-5,7H3,(H,41,44)(H,42,45)/t32?,37-/m0/s1. The number of carbonyl (C=O) groups is 3. The summed E-state index contributed by atoms with van der Waals surface area (Å²) in [5.41, 5.74) is 4.54. The molecule has 1 aliphatic heterocycles. The van der Waals surface area contributed by atoms with Gasteiger partial charge in [-0.2, -0.15) is 4.99 Å². The Morgan fingerprint density at radius 2 is 1.60 bits per heavy atom. The molecule has 3 amide bonds. The lowest BCUT2D eigenvalue weighted by Crippen LogP contribution is -2.39. The molecule has 0 spiro atoms. The first-order valence-corrected chi connectivity index (χ1v) is 17.8. The zero-order chi connectivity index (χ0) is 37.4. The van der Waals surface area contributed by atoms with Crippen molar-refractivity contribution in [3.63, 3.8) is 0 Å². The first-order valence-electron chi connectivity index (χ1n) is 17.8. The minimum absolute atomic E-state index is 0.0572. The maximum Gasteiger partial charge on any atom is 0.432 e. The van der Waals surface area contributed by atoms with Crippen LogP contribution in [-0.2, 0) is 20.9 Å². The average Bonchev–Trinajstić information content (AvgIpc) is 3.88. The Morgan fingerprint density at radius 1 is 0.981 bits per heavy atom. The number of methoxy groups -OCH3 is 1. The number of aliphatic imine (C=N–C) groups is 1. The van der Waals surface area contributed by atoms with Gasteiger partial charge in [0.2, 0.25) is 11.8 Å². The number of H-pyrrole nitrogens is 2. The molecule has 5 rings (SSSR count). The summed E-state index contributed by atoms with van der Waals surface area (Å²) in [4.78, 5) is 61.3. The van der Waals surface area contributed by atoms with Crippen LogP contribution in [0.4, 0.5) is 4.79 Å². The Labute approximate surface area is 305 Å². The normalized spacial score (nSPS) is 15.1. The fraction of sp³-hybridized carbons (Fsp3) is 0.400. The fourth-order valence-electron chi connectivity index (χ4n) is 6.22. The van der Waals surface area contributed by atoms with Gasteiger partial charge in [-0.05, 0) is 89.9 Å². The molecule has 2 aromatic heterocycles. The van der Waals surface area contributed by atoms with Crippen molar-refractivity contribution >= 4 is 24.1 Å². The van der Waals surface area contributed by atoms with Gasteiger partial charge >= 0.3 is 6.09 Å². The molecule has 1 unspecified atom stereocenters. The predicted octanol–water partition coefficient (Wildman–Crippen LogP) is 7.98. The van der Waals surface area contributed by atoms with Crippen LogP contribution < -0.4 is 4.74 Å². The van der Waals surface area contributed by atoms with Crippen LogP contribution in [0.2, 0.25) is 0 Å². The smallest absolute Gasteiger partial charge is 0.432 e. The number of nitrogens with one attached hydrogen (secondary N) is 2.